The Morgan fingerprint density at radius 3 is 1.63 bits per heavy atom. The largest absolute Gasteiger partial charge is 0.310 e. The van der Waals surface area contributed by atoms with Crippen LogP contribution in [-0.4, -0.2) is 0 Å². The number of benzene rings is 10. The van der Waals surface area contributed by atoms with E-state index in [0.717, 1.165) is 28.4 Å². The Morgan fingerprint density at radius 2 is 0.881 bits per heavy atom. The minimum Gasteiger partial charge on any atom is -0.310 e. The summed E-state index contributed by atoms with van der Waals surface area (Å²) in [6, 6.07) is 79.8. The summed E-state index contributed by atoms with van der Waals surface area (Å²) in [4.78, 5) is 4.83. The van der Waals surface area contributed by atoms with Gasteiger partial charge in [-0.25, -0.2) is 0 Å². The van der Waals surface area contributed by atoms with Gasteiger partial charge >= 0.3 is 0 Å². The summed E-state index contributed by atoms with van der Waals surface area (Å²) >= 11 is 0. The molecule has 2 nitrogen and oxygen atoms in total. The zero-order valence-electron chi connectivity index (χ0n) is 33.2. The van der Waals surface area contributed by atoms with Crippen molar-refractivity contribution in [2.45, 2.75) is 19.3 Å². The molecule has 280 valence electrons. The molecule has 0 amide bonds. The van der Waals surface area contributed by atoms with Crippen LogP contribution in [0.25, 0.3) is 54.6 Å². The molecule has 10 aromatic carbocycles. The molecule has 2 heteroatoms. The van der Waals surface area contributed by atoms with E-state index in [1.165, 1.54) is 71.4 Å². The number of nitrogens with zero attached hydrogens (tertiary/aromatic N) is 2. The number of hydrogen-bond donors (Lipinski definition) is 0. The Kier molecular flexibility index (Phi) is 8.20. The predicted molar refractivity (Wildman–Crippen MR) is 251 cm³/mol. The van der Waals surface area contributed by atoms with Gasteiger partial charge in [0.2, 0.25) is 0 Å². The summed E-state index contributed by atoms with van der Waals surface area (Å²) in [5.41, 5.74) is 14.3. The average molecular weight is 755 g/mol. The summed E-state index contributed by atoms with van der Waals surface area (Å²) < 4.78 is 0. The standard InChI is InChI=1S/C57H42N2/c1-57(2)53-26-15-27-55(56(53)51-35-34-47(38-54(51)57)58(43-19-5-3-6-20-43)46-33-28-39-16-9-10-17-41(39)36-46)59(44-21-7-4-8-22-44)45-31-29-40(30-32-45)52-37-42-18-11-12-23-48(42)49-24-13-14-25-50(49)52/h3-38H,1-2H3. The second kappa shape index (κ2) is 13.9. The van der Waals surface area contributed by atoms with Crippen molar-refractivity contribution in [1.82, 2.24) is 0 Å². The highest BCUT2D eigenvalue weighted by Gasteiger charge is 2.38. The lowest BCUT2D eigenvalue weighted by atomic mass is 9.82. The first-order valence-electron chi connectivity index (χ1n) is 20.5. The lowest BCUT2D eigenvalue weighted by Crippen LogP contribution is -2.17. The molecule has 0 heterocycles. The summed E-state index contributed by atoms with van der Waals surface area (Å²) in [7, 11) is 0. The Bertz CT molecular complexity index is 3180. The molecular weight excluding hydrogens is 713 g/mol. The number of anilines is 6. The molecule has 0 fully saturated rings. The molecule has 0 atom stereocenters. The van der Waals surface area contributed by atoms with Gasteiger partial charge in [0.25, 0.3) is 0 Å². The molecule has 0 spiro atoms. The van der Waals surface area contributed by atoms with Gasteiger partial charge in [0.05, 0.1) is 5.69 Å². The second-order valence-corrected chi connectivity index (χ2v) is 16.2. The van der Waals surface area contributed by atoms with Crippen molar-refractivity contribution in [3.63, 3.8) is 0 Å². The van der Waals surface area contributed by atoms with E-state index in [9.17, 15) is 0 Å². The molecule has 0 aromatic heterocycles. The first-order chi connectivity index (χ1) is 29.0. The Labute approximate surface area is 345 Å². The normalized spacial score (nSPS) is 12.7. The molecule has 0 aliphatic heterocycles. The predicted octanol–water partition coefficient (Wildman–Crippen LogP) is 16.1. The van der Waals surface area contributed by atoms with Gasteiger partial charge in [-0.1, -0.05) is 159 Å². The quantitative estimate of drug-likeness (QED) is 0.150. The highest BCUT2D eigenvalue weighted by Crippen LogP contribution is 2.55. The zero-order chi connectivity index (χ0) is 39.5. The number of rotatable bonds is 7. The highest BCUT2D eigenvalue weighted by molar-refractivity contribution is 6.13. The van der Waals surface area contributed by atoms with Crippen LogP contribution in [0.5, 0.6) is 0 Å². The molecular formula is C57H42N2. The minimum absolute atomic E-state index is 0.230. The van der Waals surface area contributed by atoms with Crippen molar-refractivity contribution < 1.29 is 0 Å². The maximum absolute atomic E-state index is 2.44. The van der Waals surface area contributed by atoms with Crippen LogP contribution in [0.3, 0.4) is 0 Å². The van der Waals surface area contributed by atoms with Gasteiger partial charge < -0.3 is 9.80 Å². The van der Waals surface area contributed by atoms with Crippen molar-refractivity contribution in [3.8, 4) is 22.3 Å². The third kappa shape index (κ3) is 5.79. The van der Waals surface area contributed by atoms with Crippen LogP contribution in [0.4, 0.5) is 34.1 Å². The monoisotopic (exact) mass is 754 g/mol. The molecule has 0 saturated heterocycles. The first-order valence-corrected chi connectivity index (χ1v) is 20.5. The lowest BCUT2D eigenvalue weighted by molar-refractivity contribution is 0.660. The van der Waals surface area contributed by atoms with Crippen molar-refractivity contribution in [2.24, 2.45) is 0 Å². The van der Waals surface area contributed by atoms with Crippen LogP contribution in [-0.2, 0) is 5.41 Å². The van der Waals surface area contributed by atoms with Crippen LogP contribution in [0, 0.1) is 0 Å². The smallest absolute Gasteiger partial charge is 0.0543 e. The van der Waals surface area contributed by atoms with Crippen LogP contribution in [0.15, 0.2) is 218 Å². The van der Waals surface area contributed by atoms with E-state index in [1.807, 2.05) is 0 Å². The minimum atomic E-state index is -0.230. The Hall–Kier alpha value is -7.42. The van der Waals surface area contributed by atoms with Crippen molar-refractivity contribution in [2.75, 3.05) is 9.80 Å². The molecule has 1 aliphatic carbocycles. The fourth-order valence-electron chi connectivity index (χ4n) is 9.51. The third-order valence-electron chi connectivity index (χ3n) is 12.4. The van der Waals surface area contributed by atoms with E-state index in [1.54, 1.807) is 0 Å². The number of hydrogen-bond acceptors (Lipinski definition) is 2. The van der Waals surface area contributed by atoms with E-state index in [0.29, 0.717) is 0 Å². The molecule has 10 aromatic rings. The van der Waals surface area contributed by atoms with Crippen LogP contribution >= 0.6 is 0 Å². The zero-order valence-corrected chi connectivity index (χ0v) is 33.2. The van der Waals surface area contributed by atoms with Crippen molar-refractivity contribution >= 4 is 66.4 Å². The van der Waals surface area contributed by atoms with E-state index in [2.05, 4.69) is 242 Å². The Balaban J connectivity index is 1.05. The van der Waals surface area contributed by atoms with Gasteiger partial charge in [-0.05, 0) is 133 Å². The van der Waals surface area contributed by atoms with Gasteiger partial charge in [0.1, 0.15) is 0 Å². The first kappa shape index (κ1) is 34.8. The highest BCUT2D eigenvalue weighted by atomic mass is 15.2. The molecule has 0 radical (unpaired) electrons. The van der Waals surface area contributed by atoms with Crippen molar-refractivity contribution in [3.05, 3.63) is 230 Å². The molecule has 0 N–H and O–H groups in total. The van der Waals surface area contributed by atoms with Gasteiger partial charge in [-0.3, -0.25) is 0 Å². The topological polar surface area (TPSA) is 6.48 Å². The maximum Gasteiger partial charge on any atom is 0.0543 e. The fraction of sp³-hybridized carbons (Fsp3) is 0.0526. The third-order valence-corrected chi connectivity index (χ3v) is 12.4. The van der Waals surface area contributed by atoms with Crippen molar-refractivity contribution in [1.29, 1.82) is 0 Å². The molecule has 59 heavy (non-hydrogen) atoms. The summed E-state index contributed by atoms with van der Waals surface area (Å²) in [6.45, 7) is 4.76. The molecule has 11 rings (SSSR count). The molecule has 0 bridgehead atoms. The van der Waals surface area contributed by atoms with E-state index in [4.69, 9.17) is 0 Å². The molecule has 1 aliphatic rings. The van der Waals surface area contributed by atoms with Crippen LogP contribution < -0.4 is 9.80 Å². The molecule has 0 unspecified atom stereocenters. The second-order valence-electron chi connectivity index (χ2n) is 16.2. The summed E-state index contributed by atoms with van der Waals surface area (Å²) in [5, 5.41) is 7.55. The van der Waals surface area contributed by atoms with Gasteiger partial charge in [0.15, 0.2) is 0 Å². The number of para-hydroxylation sites is 2. The molecule has 0 saturated carbocycles. The summed E-state index contributed by atoms with van der Waals surface area (Å²) in [6.07, 6.45) is 0. The number of fused-ring (bicyclic) bond motifs is 7. The van der Waals surface area contributed by atoms with E-state index in [-0.39, 0.29) is 5.41 Å². The van der Waals surface area contributed by atoms with Gasteiger partial charge in [0, 0.05) is 39.4 Å². The van der Waals surface area contributed by atoms with E-state index < -0.39 is 0 Å². The van der Waals surface area contributed by atoms with Gasteiger partial charge in [-0.15, -0.1) is 0 Å². The van der Waals surface area contributed by atoms with E-state index >= 15 is 0 Å². The SMILES string of the molecule is CC1(C)c2cc(N(c3ccccc3)c3ccc4ccccc4c3)ccc2-c2c(N(c3ccccc3)c3ccc(-c4cc5ccccc5c5ccccc45)cc3)cccc21. The van der Waals surface area contributed by atoms with Gasteiger partial charge in [-0.2, -0.15) is 0 Å². The summed E-state index contributed by atoms with van der Waals surface area (Å²) in [5.74, 6) is 0. The Morgan fingerprint density at radius 1 is 0.322 bits per heavy atom. The maximum atomic E-state index is 2.44. The average Bonchev–Trinajstić information content (AvgIpc) is 3.53. The fourth-order valence-corrected chi connectivity index (χ4v) is 9.51. The van der Waals surface area contributed by atoms with Crippen LogP contribution in [0.1, 0.15) is 25.0 Å². The van der Waals surface area contributed by atoms with Crippen LogP contribution in [0.2, 0.25) is 0 Å². The lowest BCUT2D eigenvalue weighted by Gasteiger charge is -2.29.